The lowest BCUT2D eigenvalue weighted by Gasteiger charge is -2.12. The Balaban J connectivity index is 1.75. The second-order valence-electron chi connectivity index (χ2n) is 6.88. The van der Waals surface area contributed by atoms with Crippen molar-refractivity contribution in [3.8, 4) is 0 Å². The molecule has 2 N–H and O–H groups in total. The zero-order valence-electron chi connectivity index (χ0n) is 16.5. The van der Waals surface area contributed by atoms with E-state index in [9.17, 15) is 22.0 Å². The second-order valence-corrected chi connectivity index (χ2v) is 8.56. The van der Waals surface area contributed by atoms with Gasteiger partial charge in [0, 0.05) is 6.20 Å². The molecule has 0 aliphatic rings. The summed E-state index contributed by atoms with van der Waals surface area (Å²) in [6.07, 6.45) is 2.54. The van der Waals surface area contributed by atoms with Gasteiger partial charge in [-0.05, 0) is 36.8 Å². The molecule has 2 heterocycles. The smallest absolute Gasteiger partial charge is 0.261 e. The molecule has 0 spiro atoms. The number of halogens is 3. The lowest BCUT2D eigenvalue weighted by Crippen LogP contribution is -2.16. The molecule has 0 amide bonds. The SMILES string of the molecule is Cc1ncnc2[nH]cc(C(=O)c3c(F)ccc(NS(=O)(=O)c4ccc(CF)cc4)c3F)c12. The van der Waals surface area contributed by atoms with Crippen molar-refractivity contribution in [2.45, 2.75) is 18.5 Å². The number of nitrogens with zero attached hydrogens (tertiary/aromatic N) is 2. The molecule has 2 aromatic heterocycles. The minimum atomic E-state index is -4.28. The van der Waals surface area contributed by atoms with E-state index in [1.807, 2.05) is 4.72 Å². The Kier molecular flexibility index (Phi) is 5.43. The fourth-order valence-corrected chi connectivity index (χ4v) is 4.29. The normalized spacial score (nSPS) is 11.6. The van der Waals surface area contributed by atoms with Crippen LogP contribution in [-0.4, -0.2) is 29.2 Å². The number of ketones is 1. The van der Waals surface area contributed by atoms with E-state index in [1.165, 1.54) is 24.7 Å². The second kappa shape index (κ2) is 8.08. The summed E-state index contributed by atoms with van der Waals surface area (Å²) in [6, 6.07) is 6.51. The molecule has 0 fully saturated rings. The van der Waals surface area contributed by atoms with Crippen LogP contribution < -0.4 is 4.72 Å². The Bertz CT molecular complexity index is 1450. The summed E-state index contributed by atoms with van der Waals surface area (Å²) in [7, 11) is -4.28. The maximum Gasteiger partial charge on any atom is 0.261 e. The lowest BCUT2D eigenvalue weighted by molar-refractivity contribution is 0.103. The topological polar surface area (TPSA) is 105 Å². The number of fused-ring (bicyclic) bond motifs is 1. The zero-order chi connectivity index (χ0) is 23.0. The predicted octanol–water partition coefficient (Wildman–Crippen LogP) is 4.05. The standard InChI is InChI=1S/C21H15F3N4O3S/c1-11-17-14(9-25-21(17)27-10-26-11)20(29)18-15(23)6-7-16(19(18)24)28-32(30,31)13-4-2-12(8-22)3-5-13/h2-7,9-10,28H,8H2,1H3,(H,25,26,27). The molecule has 7 nitrogen and oxygen atoms in total. The van der Waals surface area contributed by atoms with Gasteiger partial charge in [-0.3, -0.25) is 9.52 Å². The molecule has 0 atom stereocenters. The molecule has 0 aliphatic carbocycles. The Labute approximate surface area is 180 Å². The first-order valence-electron chi connectivity index (χ1n) is 9.22. The molecule has 0 bridgehead atoms. The van der Waals surface area contributed by atoms with Gasteiger partial charge in [0.15, 0.2) is 5.82 Å². The third-order valence-corrected chi connectivity index (χ3v) is 6.24. The highest BCUT2D eigenvalue weighted by atomic mass is 32.2. The number of rotatable bonds is 6. The van der Waals surface area contributed by atoms with Crippen molar-refractivity contribution < 1.29 is 26.4 Å². The fourth-order valence-electron chi connectivity index (χ4n) is 3.23. The highest BCUT2D eigenvalue weighted by Gasteiger charge is 2.27. The first-order valence-corrected chi connectivity index (χ1v) is 10.7. The van der Waals surface area contributed by atoms with E-state index >= 15 is 4.39 Å². The number of nitrogens with one attached hydrogen (secondary N) is 2. The molecule has 0 unspecified atom stereocenters. The van der Waals surface area contributed by atoms with E-state index in [1.54, 1.807) is 6.92 Å². The predicted molar refractivity (Wildman–Crippen MR) is 110 cm³/mol. The zero-order valence-corrected chi connectivity index (χ0v) is 17.3. The van der Waals surface area contributed by atoms with Gasteiger partial charge in [0.2, 0.25) is 5.78 Å². The van der Waals surface area contributed by atoms with Crippen LogP contribution in [0, 0.1) is 18.6 Å². The van der Waals surface area contributed by atoms with Crippen LogP contribution in [0.5, 0.6) is 0 Å². The number of carbonyl (C=O) groups excluding carboxylic acids is 1. The minimum Gasteiger partial charge on any atom is -0.345 e. The Morgan fingerprint density at radius 3 is 2.50 bits per heavy atom. The van der Waals surface area contributed by atoms with Gasteiger partial charge >= 0.3 is 0 Å². The fraction of sp³-hybridized carbons (Fsp3) is 0.0952. The van der Waals surface area contributed by atoms with Gasteiger partial charge in [-0.15, -0.1) is 0 Å². The van der Waals surface area contributed by atoms with E-state index in [2.05, 4.69) is 15.0 Å². The number of aryl methyl sites for hydroxylation is 1. The van der Waals surface area contributed by atoms with Crippen molar-refractivity contribution in [3.05, 3.63) is 82.9 Å². The van der Waals surface area contributed by atoms with Gasteiger partial charge in [-0.2, -0.15) is 0 Å². The maximum absolute atomic E-state index is 15.2. The number of benzene rings is 2. The Morgan fingerprint density at radius 1 is 1.09 bits per heavy atom. The number of aromatic nitrogens is 3. The van der Waals surface area contributed by atoms with Crippen LogP contribution >= 0.6 is 0 Å². The van der Waals surface area contributed by atoms with Crippen LogP contribution in [0.15, 0.2) is 53.8 Å². The number of aromatic amines is 1. The molecule has 2 aromatic carbocycles. The van der Waals surface area contributed by atoms with Gasteiger partial charge in [0.25, 0.3) is 10.0 Å². The molecule has 0 saturated heterocycles. The molecule has 32 heavy (non-hydrogen) atoms. The van der Waals surface area contributed by atoms with Crippen molar-refractivity contribution in [3.63, 3.8) is 0 Å². The van der Waals surface area contributed by atoms with Crippen molar-refractivity contribution >= 4 is 32.5 Å². The molecule has 4 aromatic rings. The first kappa shape index (κ1) is 21.5. The third-order valence-electron chi connectivity index (χ3n) is 4.85. The minimum absolute atomic E-state index is 0.0577. The average Bonchev–Trinajstić information content (AvgIpc) is 3.21. The number of carbonyl (C=O) groups is 1. The molecule has 164 valence electrons. The van der Waals surface area contributed by atoms with E-state index in [0.717, 1.165) is 24.3 Å². The monoisotopic (exact) mass is 460 g/mol. The molecule has 0 radical (unpaired) electrons. The van der Waals surface area contributed by atoms with Crippen LogP contribution in [-0.2, 0) is 16.7 Å². The van der Waals surface area contributed by atoms with Gasteiger partial charge in [0.1, 0.15) is 24.5 Å². The molecule has 4 rings (SSSR count). The molecule has 0 saturated carbocycles. The van der Waals surface area contributed by atoms with E-state index in [0.29, 0.717) is 16.7 Å². The average molecular weight is 460 g/mol. The van der Waals surface area contributed by atoms with E-state index in [-0.39, 0.29) is 16.0 Å². The van der Waals surface area contributed by atoms with Crippen molar-refractivity contribution in [2.75, 3.05) is 4.72 Å². The summed E-state index contributed by atoms with van der Waals surface area (Å²) < 4.78 is 69.5. The largest absolute Gasteiger partial charge is 0.345 e. The number of alkyl halides is 1. The number of H-pyrrole nitrogens is 1. The Morgan fingerprint density at radius 2 is 1.81 bits per heavy atom. The highest BCUT2D eigenvalue weighted by molar-refractivity contribution is 7.92. The third kappa shape index (κ3) is 3.71. The van der Waals surface area contributed by atoms with E-state index < -0.39 is 45.4 Å². The quantitative estimate of drug-likeness (QED) is 0.423. The number of anilines is 1. The van der Waals surface area contributed by atoms with Gasteiger partial charge in [-0.1, -0.05) is 12.1 Å². The summed E-state index contributed by atoms with van der Waals surface area (Å²) in [4.78, 5) is 23.5. The van der Waals surface area contributed by atoms with Crippen LogP contribution in [0.1, 0.15) is 27.2 Å². The Hall–Kier alpha value is -3.73. The lowest BCUT2D eigenvalue weighted by atomic mass is 10.0. The van der Waals surface area contributed by atoms with Crippen LogP contribution in [0.2, 0.25) is 0 Å². The van der Waals surface area contributed by atoms with E-state index in [4.69, 9.17) is 0 Å². The van der Waals surface area contributed by atoms with Gasteiger partial charge in [0.05, 0.1) is 32.8 Å². The molecule has 11 heteroatoms. The summed E-state index contributed by atoms with van der Waals surface area (Å²) in [5.41, 5.74) is -0.593. The number of hydrogen-bond acceptors (Lipinski definition) is 5. The van der Waals surface area contributed by atoms with Gasteiger partial charge < -0.3 is 4.98 Å². The summed E-state index contributed by atoms with van der Waals surface area (Å²) >= 11 is 0. The number of hydrogen-bond donors (Lipinski definition) is 2. The molecule has 0 aliphatic heterocycles. The maximum atomic E-state index is 15.2. The summed E-state index contributed by atoms with van der Waals surface area (Å²) in [5.74, 6) is -3.54. The first-order chi connectivity index (χ1) is 15.2. The number of sulfonamides is 1. The van der Waals surface area contributed by atoms with Crippen molar-refractivity contribution in [2.24, 2.45) is 0 Å². The van der Waals surface area contributed by atoms with Gasteiger partial charge in [-0.25, -0.2) is 31.6 Å². The summed E-state index contributed by atoms with van der Waals surface area (Å²) in [5, 5.41) is 0.301. The van der Waals surface area contributed by atoms with Crippen LogP contribution in [0.4, 0.5) is 18.9 Å². The van der Waals surface area contributed by atoms with Crippen molar-refractivity contribution in [1.29, 1.82) is 0 Å². The van der Waals surface area contributed by atoms with Crippen LogP contribution in [0.3, 0.4) is 0 Å². The van der Waals surface area contributed by atoms with Crippen LogP contribution in [0.25, 0.3) is 11.0 Å². The summed E-state index contributed by atoms with van der Waals surface area (Å²) in [6.45, 7) is 0.838. The molecular formula is C21H15F3N4O3S. The molecular weight excluding hydrogens is 445 g/mol. The highest BCUT2D eigenvalue weighted by Crippen LogP contribution is 2.29. The van der Waals surface area contributed by atoms with Crippen molar-refractivity contribution in [1.82, 2.24) is 15.0 Å².